The maximum atomic E-state index is 3.52. The van der Waals surface area contributed by atoms with Crippen LogP contribution in [0.3, 0.4) is 0 Å². The Morgan fingerprint density at radius 1 is 0.889 bits per heavy atom. The molecule has 0 bridgehead atoms. The highest BCUT2D eigenvalue weighted by molar-refractivity contribution is 9.10. The van der Waals surface area contributed by atoms with Crippen LogP contribution in [0.25, 0.3) is 0 Å². The molecule has 0 aliphatic rings. The van der Waals surface area contributed by atoms with Crippen LogP contribution in [0.2, 0.25) is 0 Å². The fourth-order valence-electron chi connectivity index (χ4n) is 1.77. The van der Waals surface area contributed by atoms with E-state index < -0.39 is 0 Å². The molecule has 0 unspecified atom stereocenters. The van der Waals surface area contributed by atoms with Crippen LogP contribution in [0, 0.1) is 6.92 Å². The maximum absolute atomic E-state index is 3.52. The number of hydrogen-bond donors (Lipinski definition) is 1. The molecule has 2 aromatic rings. The van der Waals surface area contributed by atoms with Gasteiger partial charge in [-0.15, -0.1) is 0 Å². The van der Waals surface area contributed by atoms with E-state index in [2.05, 4.69) is 86.6 Å². The lowest BCUT2D eigenvalue weighted by Crippen LogP contribution is -2.12. The summed E-state index contributed by atoms with van der Waals surface area (Å²) in [6.07, 6.45) is 0. The summed E-state index contributed by atoms with van der Waals surface area (Å²) in [4.78, 5) is 0. The largest absolute Gasteiger partial charge is 0.309 e. The van der Waals surface area contributed by atoms with Gasteiger partial charge in [-0.05, 0) is 41.8 Å². The molecular weight excluding hydrogens is 354 g/mol. The normalized spacial score (nSPS) is 10.6. The standard InChI is InChI=1S/C15H15Br2N/c1-11-8-13(4-7-15(11)17)10-18-9-12-2-5-14(16)6-3-12/h2-8,18H,9-10H2,1H3. The number of hydrogen-bond acceptors (Lipinski definition) is 1. The predicted octanol–water partition coefficient (Wildman–Crippen LogP) is 4.81. The summed E-state index contributed by atoms with van der Waals surface area (Å²) < 4.78 is 2.29. The van der Waals surface area contributed by atoms with Gasteiger partial charge in [0.05, 0.1) is 0 Å². The predicted molar refractivity (Wildman–Crippen MR) is 83.6 cm³/mol. The van der Waals surface area contributed by atoms with Crippen molar-refractivity contribution in [3.8, 4) is 0 Å². The summed E-state index contributed by atoms with van der Waals surface area (Å²) in [5.74, 6) is 0. The van der Waals surface area contributed by atoms with Crippen molar-refractivity contribution in [2.24, 2.45) is 0 Å². The van der Waals surface area contributed by atoms with Crippen molar-refractivity contribution in [2.45, 2.75) is 20.0 Å². The van der Waals surface area contributed by atoms with Crippen molar-refractivity contribution in [2.75, 3.05) is 0 Å². The first kappa shape index (κ1) is 13.8. The molecule has 1 N–H and O–H groups in total. The molecule has 0 saturated heterocycles. The summed E-state index contributed by atoms with van der Waals surface area (Å²) in [6, 6.07) is 14.9. The maximum Gasteiger partial charge on any atom is 0.0208 e. The van der Waals surface area contributed by atoms with Crippen LogP contribution < -0.4 is 5.32 Å². The molecule has 0 aliphatic heterocycles. The zero-order chi connectivity index (χ0) is 13.0. The lowest BCUT2D eigenvalue weighted by molar-refractivity contribution is 0.693. The van der Waals surface area contributed by atoms with Gasteiger partial charge in [0, 0.05) is 22.0 Å². The summed E-state index contributed by atoms with van der Waals surface area (Å²) in [7, 11) is 0. The molecule has 94 valence electrons. The van der Waals surface area contributed by atoms with E-state index in [9.17, 15) is 0 Å². The molecule has 0 aromatic heterocycles. The zero-order valence-electron chi connectivity index (χ0n) is 10.2. The fraction of sp³-hybridized carbons (Fsp3) is 0.200. The molecule has 0 radical (unpaired) electrons. The molecule has 0 spiro atoms. The van der Waals surface area contributed by atoms with Crippen LogP contribution in [0.1, 0.15) is 16.7 Å². The van der Waals surface area contributed by atoms with Gasteiger partial charge in [-0.2, -0.15) is 0 Å². The Kier molecular flexibility index (Phi) is 4.98. The van der Waals surface area contributed by atoms with Crippen molar-refractivity contribution in [3.63, 3.8) is 0 Å². The van der Waals surface area contributed by atoms with Crippen LogP contribution in [0.4, 0.5) is 0 Å². The van der Waals surface area contributed by atoms with Gasteiger partial charge in [0.1, 0.15) is 0 Å². The molecule has 0 amide bonds. The molecule has 2 aromatic carbocycles. The Morgan fingerprint density at radius 2 is 1.50 bits per heavy atom. The lowest BCUT2D eigenvalue weighted by Gasteiger charge is -2.07. The highest BCUT2D eigenvalue weighted by Gasteiger charge is 1.98. The van der Waals surface area contributed by atoms with Gasteiger partial charge in [0.25, 0.3) is 0 Å². The third-order valence-corrected chi connectivity index (χ3v) is 4.21. The average molecular weight is 369 g/mol. The molecule has 0 aliphatic carbocycles. The minimum absolute atomic E-state index is 0.891. The van der Waals surface area contributed by atoms with Crippen molar-refractivity contribution >= 4 is 31.9 Å². The number of rotatable bonds is 4. The summed E-state index contributed by atoms with van der Waals surface area (Å²) in [5.41, 5.74) is 3.89. The average Bonchev–Trinajstić information content (AvgIpc) is 2.36. The zero-order valence-corrected chi connectivity index (χ0v) is 13.4. The molecule has 0 atom stereocenters. The van der Waals surface area contributed by atoms with E-state index in [0.29, 0.717) is 0 Å². The number of halogens is 2. The number of nitrogens with one attached hydrogen (secondary N) is 1. The van der Waals surface area contributed by atoms with E-state index in [1.807, 2.05) is 0 Å². The van der Waals surface area contributed by atoms with Crippen LogP contribution in [0.15, 0.2) is 51.4 Å². The third kappa shape index (κ3) is 3.94. The smallest absolute Gasteiger partial charge is 0.0208 e. The Labute approximate surface area is 125 Å². The Balaban J connectivity index is 1.88. The van der Waals surface area contributed by atoms with Gasteiger partial charge in [-0.25, -0.2) is 0 Å². The lowest BCUT2D eigenvalue weighted by atomic mass is 10.1. The first-order valence-corrected chi connectivity index (χ1v) is 7.44. The second-order valence-electron chi connectivity index (χ2n) is 4.31. The third-order valence-electron chi connectivity index (χ3n) is 2.79. The molecule has 0 fully saturated rings. The van der Waals surface area contributed by atoms with E-state index in [4.69, 9.17) is 0 Å². The molecular formula is C15H15Br2N. The van der Waals surface area contributed by atoms with Crippen LogP contribution in [-0.2, 0) is 13.1 Å². The number of aryl methyl sites for hydroxylation is 1. The monoisotopic (exact) mass is 367 g/mol. The summed E-state index contributed by atoms with van der Waals surface area (Å²) in [6.45, 7) is 3.90. The molecule has 2 rings (SSSR count). The minimum atomic E-state index is 0.891. The van der Waals surface area contributed by atoms with Crippen molar-refractivity contribution in [3.05, 3.63) is 68.1 Å². The minimum Gasteiger partial charge on any atom is -0.309 e. The van der Waals surface area contributed by atoms with E-state index in [1.54, 1.807) is 0 Å². The second kappa shape index (κ2) is 6.50. The Hall–Kier alpha value is -0.640. The van der Waals surface area contributed by atoms with Gasteiger partial charge >= 0.3 is 0 Å². The quantitative estimate of drug-likeness (QED) is 0.816. The van der Waals surface area contributed by atoms with Gasteiger partial charge in [-0.1, -0.05) is 56.1 Å². The van der Waals surface area contributed by atoms with Gasteiger partial charge in [0.2, 0.25) is 0 Å². The van der Waals surface area contributed by atoms with Gasteiger partial charge < -0.3 is 5.32 Å². The highest BCUT2D eigenvalue weighted by atomic mass is 79.9. The van der Waals surface area contributed by atoms with Crippen molar-refractivity contribution < 1.29 is 0 Å². The van der Waals surface area contributed by atoms with E-state index >= 15 is 0 Å². The van der Waals surface area contributed by atoms with E-state index in [-0.39, 0.29) is 0 Å². The summed E-state index contributed by atoms with van der Waals surface area (Å²) >= 11 is 6.96. The second-order valence-corrected chi connectivity index (χ2v) is 6.08. The highest BCUT2D eigenvalue weighted by Crippen LogP contribution is 2.17. The van der Waals surface area contributed by atoms with Crippen molar-refractivity contribution in [1.82, 2.24) is 5.32 Å². The summed E-state index contributed by atoms with van der Waals surface area (Å²) in [5, 5.41) is 3.45. The van der Waals surface area contributed by atoms with Crippen molar-refractivity contribution in [1.29, 1.82) is 0 Å². The van der Waals surface area contributed by atoms with Crippen LogP contribution in [0.5, 0.6) is 0 Å². The van der Waals surface area contributed by atoms with Gasteiger partial charge in [0.15, 0.2) is 0 Å². The molecule has 18 heavy (non-hydrogen) atoms. The molecule has 0 heterocycles. The van der Waals surface area contributed by atoms with E-state index in [0.717, 1.165) is 17.6 Å². The first-order chi connectivity index (χ1) is 8.65. The topological polar surface area (TPSA) is 12.0 Å². The molecule has 1 nitrogen and oxygen atoms in total. The SMILES string of the molecule is Cc1cc(CNCc2ccc(Br)cc2)ccc1Br. The van der Waals surface area contributed by atoms with Crippen LogP contribution in [-0.4, -0.2) is 0 Å². The molecule has 0 saturated carbocycles. The first-order valence-electron chi connectivity index (χ1n) is 5.85. The number of benzene rings is 2. The fourth-order valence-corrected chi connectivity index (χ4v) is 2.28. The van der Waals surface area contributed by atoms with E-state index in [1.165, 1.54) is 21.2 Å². The van der Waals surface area contributed by atoms with Gasteiger partial charge in [-0.3, -0.25) is 0 Å². The Bertz CT molecular complexity index is 521. The molecule has 3 heteroatoms. The van der Waals surface area contributed by atoms with Crippen LogP contribution >= 0.6 is 31.9 Å². The Morgan fingerprint density at radius 3 is 2.17 bits per heavy atom.